The second-order valence-corrected chi connectivity index (χ2v) is 5.59. The highest BCUT2D eigenvalue weighted by atomic mass is 35.5. The molecule has 4 heteroatoms. The first-order valence-corrected chi connectivity index (χ1v) is 6.25. The normalized spacial score (nSPS) is 20.9. The van der Waals surface area contributed by atoms with Gasteiger partial charge < -0.3 is 10.0 Å². The number of anilines is 1. The van der Waals surface area contributed by atoms with E-state index in [0.29, 0.717) is 10.4 Å². The average Bonchev–Trinajstić information content (AvgIpc) is 2.15. The van der Waals surface area contributed by atoms with E-state index in [9.17, 15) is 4.79 Å². The van der Waals surface area contributed by atoms with Gasteiger partial charge in [0.2, 0.25) is 0 Å². The van der Waals surface area contributed by atoms with Crippen molar-refractivity contribution in [2.45, 2.75) is 19.3 Å². The van der Waals surface area contributed by atoms with Gasteiger partial charge in [-0.05, 0) is 31.0 Å². The smallest absolute Gasteiger partial charge is 0.335 e. The number of hydrogen-bond acceptors (Lipinski definition) is 2. The number of hydrogen-bond donors (Lipinski definition) is 1. The molecule has 0 bridgehead atoms. The largest absolute Gasteiger partial charge is 0.478 e. The van der Waals surface area contributed by atoms with Crippen LogP contribution in [0.5, 0.6) is 0 Å². The zero-order valence-corrected chi connectivity index (χ0v) is 10.2. The van der Waals surface area contributed by atoms with Gasteiger partial charge in [0.15, 0.2) is 0 Å². The summed E-state index contributed by atoms with van der Waals surface area (Å²) >= 11 is 6.13. The number of halogens is 1. The molecule has 0 atom stereocenters. The zero-order chi connectivity index (χ0) is 12.0. The van der Waals surface area contributed by atoms with Crippen LogP contribution in [0.1, 0.15) is 29.6 Å². The highest BCUT2D eigenvalue weighted by Crippen LogP contribution is 2.50. The molecule has 3 nitrogen and oxygen atoms in total. The lowest BCUT2D eigenvalue weighted by molar-refractivity contribution is 0.0696. The summed E-state index contributed by atoms with van der Waals surface area (Å²) in [6.07, 6.45) is 4.00. The van der Waals surface area contributed by atoms with E-state index in [-0.39, 0.29) is 5.56 Å². The molecular weight excluding hydrogens is 238 g/mol. The van der Waals surface area contributed by atoms with E-state index >= 15 is 0 Å². The van der Waals surface area contributed by atoms with Gasteiger partial charge in [0.05, 0.1) is 16.3 Å². The van der Waals surface area contributed by atoms with Crippen molar-refractivity contribution in [3.05, 3.63) is 28.8 Å². The number of rotatable bonds is 2. The molecule has 0 aromatic heterocycles. The third-order valence-electron chi connectivity index (χ3n) is 4.00. The summed E-state index contributed by atoms with van der Waals surface area (Å²) in [5.74, 6) is -0.933. The third-order valence-corrected chi connectivity index (χ3v) is 4.30. The summed E-state index contributed by atoms with van der Waals surface area (Å²) in [5.41, 5.74) is 1.77. The van der Waals surface area contributed by atoms with Crippen molar-refractivity contribution in [2.75, 3.05) is 18.0 Å². The molecule has 1 saturated heterocycles. The maximum absolute atomic E-state index is 10.8. The highest BCUT2D eigenvalue weighted by Gasteiger charge is 2.47. The lowest BCUT2D eigenvalue weighted by Gasteiger charge is -2.57. The Bertz CT molecular complexity index is 474. The first kappa shape index (κ1) is 10.9. The van der Waals surface area contributed by atoms with Crippen LogP contribution in [-0.2, 0) is 0 Å². The molecule has 2 aliphatic rings. The second-order valence-electron chi connectivity index (χ2n) is 5.18. The Morgan fingerprint density at radius 3 is 2.53 bits per heavy atom. The number of benzene rings is 1. The average molecular weight is 252 g/mol. The van der Waals surface area contributed by atoms with Crippen molar-refractivity contribution in [3.63, 3.8) is 0 Å². The predicted molar refractivity (Wildman–Crippen MR) is 66.9 cm³/mol. The molecule has 1 spiro atoms. The van der Waals surface area contributed by atoms with E-state index in [1.165, 1.54) is 25.3 Å². The summed E-state index contributed by atoms with van der Waals surface area (Å²) in [6, 6.07) is 4.97. The van der Waals surface area contributed by atoms with Crippen LogP contribution in [0, 0.1) is 5.41 Å². The summed E-state index contributed by atoms with van der Waals surface area (Å²) in [6.45, 7) is 2.14. The van der Waals surface area contributed by atoms with Gasteiger partial charge in [0, 0.05) is 18.5 Å². The van der Waals surface area contributed by atoms with Crippen LogP contribution in [0.25, 0.3) is 0 Å². The molecule has 1 aromatic rings. The molecule has 0 amide bonds. The maximum Gasteiger partial charge on any atom is 0.335 e. The van der Waals surface area contributed by atoms with E-state index in [2.05, 4.69) is 4.90 Å². The molecule has 1 aliphatic carbocycles. The molecule has 1 saturated carbocycles. The molecule has 1 aromatic carbocycles. The Morgan fingerprint density at radius 1 is 1.35 bits per heavy atom. The van der Waals surface area contributed by atoms with Crippen LogP contribution in [0.2, 0.25) is 5.02 Å². The molecule has 1 heterocycles. The Labute approximate surface area is 105 Å². The number of nitrogens with zero attached hydrogens (tertiary/aromatic N) is 1. The number of carbonyl (C=O) groups is 1. The van der Waals surface area contributed by atoms with Crippen molar-refractivity contribution >= 4 is 23.3 Å². The molecule has 1 N–H and O–H groups in total. The van der Waals surface area contributed by atoms with Gasteiger partial charge in [-0.25, -0.2) is 4.79 Å². The number of aromatic carboxylic acids is 1. The van der Waals surface area contributed by atoms with E-state index < -0.39 is 5.97 Å². The zero-order valence-electron chi connectivity index (χ0n) is 9.45. The minimum atomic E-state index is -0.933. The van der Waals surface area contributed by atoms with Gasteiger partial charge >= 0.3 is 5.97 Å². The van der Waals surface area contributed by atoms with E-state index in [0.717, 1.165) is 18.8 Å². The minimum Gasteiger partial charge on any atom is -0.478 e. The monoisotopic (exact) mass is 251 g/mol. The molecular formula is C13H14ClNO2. The van der Waals surface area contributed by atoms with E-state index in [1.54, 1.807) is 6.07 Å². The van der Waals surface area contributed by atoms with Crippen molar-refractivity contribution in [2.24, 2.45) is 5.41 Å². The van der Waals surface area contributed by atoms with E-state index in [1.807, 2.05) is 6.07 Å². The quantitative estimate of drug-likeness (QED) is 0.878. The number of carboxylic acid groups (broad SMARTS) is 1. The fourth-order valence-corrected chi connectivity index (χ4v) is 3.12. The lowest BCUT2D eigenvalue weighted by Crippen LogP contribution is -2.59. The van der Waals surface area contributed by atoms with Crippen molar-refractivity contribution < 1.29 is 9.90 Å². The molecule has 0 radical (unpaired) electrons. The maximum atomic E-state index is 10.8. The van der Waals surface area contributed by atoms with Crippen LogP contribution in [0.15, 0.2) is 18.2 Å². The Morgan fingerprint density at radius 2 is 2.06 bits per heavy atom. The van der Waals surface area contributed by atoms with Gasteiger partial charge in [0.25, 0.3) is 0 Å². The summed E-state index contributed by atoms with van der Waals surface area (Å²) in [5, 5.41) is 9.41. The third kappa shape index (κ3) is 1.69. The fraction of sp³-hybridized carbons (Fsp3) is 0.462. The van der Waals surface area contributed by atoms with Crippen molar-refractivity contribution in [3.8, 4) is 0 Å². The summed E-state index contributed by atoms with van der Waals surface area (Å²) in [7, 11) is 0. The number of carboxylic acids is 1. The van der Waals surface area contributed by atoms with Gasteiger partial charge in [-0.1, -0.05) is 18.0 Å². The molecule has 0 unspecified atom stereocenters. The first-order valence-electron chi connectivity index (χ1n) is 5.88. The minimum absolute atomic E-state index is 0.248. The van der Waals surface area contributed by atoms with Gasteiger partial charge in [-0.3, -0.25) is 0 Å². The lowest BCUT2D eigenvalue weighted by atomic mass is 9.63. The van der Waals surface area contributed by atoms with Crippen LogP contribution in [0.4, 0.5) is 5.69 Å². The molecule has 90 valence electrons. The molecule has 1 aliphatic heterocycles. The SMILES string of the molecule is O=C(O)c1ccc(N2CC3(CCC3)C2)c(Cl)c1. The fourth-order valence-electron chi connectivity index (χ4n) is 2.82. The molecule has 3 rings (SSSR count). The molecule has 17 heavy (non-hydrogen) atoms. The molecule has 2 fully saturated rings. The first-order chi connectivity index (χ1) is 8.10. The van der Waals surface area contributed by atoms with Crippen LogP contribution in [-0.4, -0.2) is 24.2 Å². The van der Waals surface area contributed by atoms with Crippen molar-refractivity contribution in [1.82, 2.24) is 0 Å². The summed E-state index contributed by atoms with van der Waals surface area (Å²) < 4.78 is 0. The predicted octanol–water partition coefficient (Wildman–Crippen LogP) is 3.03. The van der Waals surface area contributed by atoms with Gasteiger partial charge in [-0.2, -0.15) is 0 Å². The van der Waals surface area contributed by atoms with Gasteiger partial charge in [0.1, 0.15) is 0 Å². The van der Waals surface area contributed by atoms with Gasteiger partial charge in [-0.15, -0.1) is 0 Å². The topological polar surface area (TPSA) is 40.5 Å². The van der Waals surface area contributed by atoms with Crippen LogP contribution >= 0.6 is 11.6 Å². The second kappa shape index (κ2) is 3.64. The Hall–Kier alpha value is -1.22. The highest BCUT2D eigenvalue weighted by molar-refractivity contribution is 6.33. The Kier molecular flexibility index (Phi) is 2.33. The standard InChI is InChI=1S/C13H14ClNO2/c14-10-6-9(12(16)17)2-3-11(10)15-7-13(8-15)4-1-5-13/h2-3,6H,1,4-5,7-8H2,(H,16,17). The van der Waals surface area contributed by atoms with E-state index in [4.69, 9.17) is 16.7 Å². The Balaban J connectivity index is 1.78. The van der Waals surface area contributed by atoms with Crippen LogP contribution < -0.4 is 4.90 Å². The van der Waals surface area contributed by atoms with Crippen molar-refractivity contribution in [1.29, 1.82) is 0 Å². The van der Waals surface area contributed by atoms with Crippen LogP contribution in [0.3, 0.4) is 0 Å². The summed E-state index contributed by atoms with van der Waals surface area (Å²) in [4.78, 5) is 13.0.